The molecule has 1 heterocycles. The highest BCUT2D eigenvalue weighted by Gasteiger charge is 2.45. The minimum Gasteiger partial charge on any atom is -0.474 e. The molecule has 0 saturated heterocycles. The number of rotatable bonds is 6. The Labute approximate surface area is 159 Å². The van der Waals surface area contributed by atoms with E-state index < -0.39 is 5.41 Å². The van der Waals surface area contributed by atoms with Gasteiger partial charge in [-0.1, -0.05) is 24.6 Å². The lowest BCUT2D eigenvalue weighted by molar-refractivity contribution is -0.130. The van der Waals surface area contributed by atoms with E-state index in [9.17, 15) is 9.18 Å². The van der Waals surface area contributed by atoms with Crippen LogP contribution in [0.25, 0.3) is 0 Å². The number of aromatic nitrogens is 1. The van der Waals surface area contributed by atoms with Gasteiger partial charge in [-0.2, -0.15) is 0 Å². The molecule has 4 nitrogen and oxygen atoms in total. The first-order chi connectivity index (χ1) is 13.2. The van der Waals surface area contributed by atoms with Crippen molar-refractivity contribution in [3.05, 3.63) is 59.5 Å². The van der Waals surface area contributed by atoms with Gasteiger partial charge in [-0.3, -0.25) is 4.79 Å². The first-order valence-electron chi connectivity index (χ1n) is 9.82. The van der Waals surface area contributed by atoms with E-state index in [4.69, 9.17) is 4.74 Å². The molecule has 2 fully saturated rings. The van der Waals surface area contributed by atoms with Crippen molar-refractivity contribution in [3.8, 4) is 5.88 Å². The van der Waals surface area contributed by atoms with Crippen LogP contribution in [0.2, 0.25) is 0 Å². The Balaban J connectivity index is 1.36. The van der Waals surface area contributed by atoms with Gasteiger partial charge in [0.25, 0.3) is 0 Å². The Bertz CT molecular complexity index is 779. The first kappa shape index (κ1) is 18.0. The minimum absolute atomic E-state index is 0.00615. The summed E-state index contributed by atoms with van der Waals surface area (Å²) in [5, 5.41) is 3.03. The van der Waals surface area contributed by atoms with Crippen LogP contribution in [0.3, 0.4) is 0 Å². The number of benzene rings is 1. The monoisotopic (exact) mass is 368 g/mol. The van der Waals surface area contributed by atoms with Crippen LogP contribution in [0.4, 0.5) is 4.39 Å². The number of nitrogens with zero attached hydrogens (tertiary/aromatic N) is 1. The molecule has 1 aromatic carbocycles. The minimum atomic E-state index is -0.521. The molecule has 0 unspecified atom stereocenters. The standard InChI is InChI=1S/C22H25FN2O2/c23-18-9-7-17(8-10-18)22(12-3-13-22)21(26)25-15-16-6-11-20(24-14-16)27-19-4-1-2-5-19/h6-11,14,19H,1-5,12-13,15H2,(H,25,26). The smallest absolute Gasteiger partial charge is 0.230 e. The average Bonchev–Trinajstić information content (AvgIpc) is 3.15. The zero-order valence-electron chi connectivity index (χ0n) is 15.4. The van der Waals surface area contributed by atoms with Crippen molar-refractivity contribution in [2.24, 2.45) is 0 Å². The normalized spacial score (nSPS) is 18.7. The number of pyridine rings is 1. The molecule has 0 radical (unpaired) electrons. The second-order valence-corrected chi connectivity index (χ2v) is 7.65. The van der Waals surface area contributed by atoms with Gasteiger partial charge in [-0.15, -0.1) is 0 Å². The maximum absolute atomic E-state index is 13.2. The fourth-order valence-corrected chi connectivity index (χ4v) is 4.06. The molecular formula is C22H25FN2O2. The molecule has 0 bridgehead atoms. The summed E-state index contributed by atoms with van der Waals surface area (Å²) in [6.45, 7) is 0.429. The summed E-state index contributed by atoms with van der Waals surface area (Å²) >= 11 is 0. The van der Waals surface area contributed by atoms with Gasteiger partial charge in [0.2, 0.25) is 11.8 Å². The van der Waals surface area contributed by atoms with Crippen LogP contribution >= 0.6 is 0 Å². The van der Waals surface area contributed by atoms with E-state index in [0.29, 0.717) is 12.4 Å². The lowest BCUT2D eigenvalue weighted by Crippen LogP contribution is -2.49. The van der Waals surface area contributed by atoms with Crippen molar-refractivity contribution in [1.29, 1.82) is 0 Å². The van der Waals surface area contributed by atoms with E-state index in [1.165, 1.54) is 25.0 Å². The topological polar surface area (TPSA) is 51.2 Å². The highest BCUT2D eigenvalue weighted by atomic mass is 19.1. The van der Waals surface area contributed by atoms with Gasteiger partial charge in [0.1, 0.15) is 11.9 Å². The van der Waals surface area contributed by atoms with Crippen LogP contribution in [-0.2, 0) is 16.8 Å². The number of carbonyl (C=O) groups excluding carboxylic acids is 1. The fraction of sp³-hybridized carbons (Fsp3) is 0.455. The highest BCUT2D eigenvalue weighted by Crippen LogP contribution is 2.44. The van der Waals surface area contributed by atoms with Crippen LogP contribution in [0.15, 0.2) is 42.6 Å². The molecular weight excluding hydrogens is 343 g/mol. The molecule has 142 valence electrons. The Morgan fingerprint density at radius 2 is 1.85 bits per heavy atom. The molecule has 2 saturated carbocycles. The van der Waals surface area contributed by atoms with Gasteiger partial charge in [-0.25, -0.2) is 9.37 Å². The summed E-state index contributed by atoms with van der Waals surface area (Å²) < 4.78 is 19.1. The molecule has 4 rings (SSSR count). The van der Waals surface area contributed by atoms with E-state index in [-0.39, 0.29) is 17.8 Å². The molecule has 5 heteroatoms. The van der Waals surface area contributed by atoms with Gasteiger partial charge in [-0.05, 0) is 61.8 Å². The molecule has 0 aliphatic heterocycles. The van der Waals surface area contributed by atoms with Gasteiger partial charge in [0, 0.05) is 18.8 Å². The number of hydrogen-bond donors (Lipinski definition) is 1. The maximum atomic E-state index is 13.2. The van der Waals surface area contributed by atoms with Gasteiger partial charge in [0.15, 0.2) is 0 Å². The van der Waals surface area contributed by atoms with Crippen molar-refractivity contribution in [1.82, 2.24) is 10.3 Å². The van der Waals surface area contributed by atoms with E-state index in [1.807, 2.05) is 12.1 Å². The van der Waals surface area contributed by atoms with Gasteiger partial charge >= 0.3 is 0 Å². The maximum Gasteiger partial charge on any atom is 0.230 e. The third-order valence-corrected chi connectivity index (χ3v) is 5.88. The Morgan fingerprint density at radius 3 is 2.44 bits per heavy atom. The van der Waals surface area contributed by atoms with Crippen LogP contribution in [0, 0.1) is 5.82 Å². The number of hydrogen-bond acceptors (Lipinski definition) is 3. The zero-order valence-corrected chi connectivity index (χ0v) is 15.4. The summed E-state index contributed by atoms with van der Waals surface area (Å²) in [4.78, 5) is 17.2. The molecule has 0 atom stereocenters. The molecule has 2 aliphatic carbocycles. The molecule has 2 aromatic rings. The largest absolute Gasteiger partial charge is 0.474 e. The summed E-state index contributed by atoms with van der Waals surface area (Å²) in [7, 11) is 0. The quantitative estimate of drug-likeness (QED) is 0.828. The number of amides is 1. The van der Waals surface area contributed by atoms with Crippen LogP contribution in [-0.4, -0.2) is 17.0 Å². The highest BCUT2D eigenvalue weighted by molar-refractivity contribution is 5.89. The number of halogens is 1. The Hall–Kier alpha value is -2.43. The summed E-state index contributed by atoms with van der Waals surface area (Å²) in [5.74, 6) is 0.380. The van der Waals surface area contributed by atoms with Gasteiger partial charge < -0.3 is 10.1 Å². The lowest BCUT2D eigenvalue weighted by Gasteiger charge is -2.40. The second-order valence-electron chi connectivity index (χ2n) is 7.65. The number of ether oxygens (including phenoxy) is 1. The van der Waals surface area contributed by atoms with Gasteiger partial charge in [0.05, 0.1) is 5.41 Å². The summed E-state index contributed by atoms with van der Waals surface area (Å²) in [5.41, 5.74) is 1.31. The van der Waals surface area contributed by atoms with Crippen LogP contribution in [0.5, 0.6) is 5.88 Å². The van der Waals surface area contributed by atoms with Crippen LogP contribution < -0.4 is 10.1 Å². The summed E-state index contributed by atoms with van der Waals surface area (Å²) in [6.07, 6.45) is 9.33. The van der Waals surface area contributed by atoms with Crippen molar-refractivity contribution in [2.75, 3.05) is 0 Å². The van der Waals surface area contributed by atoms with E-state index in [1.54, 1.807) is 18.3 Å². The predicted molar refractivity (Wildman–Crippen MR) is 101 cm³/mol. The molecule has 1 aromatic heterocycles. The van der Waals surface area contributed by atoms with Crippen molar-refractivity contribution >= 4 is 5.91 Å². The third kappa shape index (κ3) is 3.82. The number of carbonyl (C=O) groups is 1. The van der Waals surface area contributed by atoms with Crippen molar-refractivity contribution in [2.45, 2.75) is 63.0 Å². The van der Waals surface area contributed by atoms with Crippen molar-refractivity contribution in [3.63, 3.8) is 0 Å². The fourth-order valence-electron chi connectivity index (χ4n) is 4.06. The predicted octanol–water partition coefficient (Wildman–Crippen LogP) is 4.28. The Morgan fingerprint density at radius 1 is 1.11 bits per heavy atom. The molecule has 0 spiro atoms. The SMILES string of the molecule is O=C(NCc1ccc(OC2CCCC2)nc1)C1(c2ccc(F)cc2)CCC1. The van der Waals surface area contributed by atoms with Crippen molar-refractivity contribution < 1.29 is 13.9 Å². The van der Waals surface area contributed by atoms with E-state index in [0.717, 1.165) is 43.2 Å². The Kier molecular flexibility index (Phi) is 5.10. The molecule has 27 heavy (non-hydrogen) atoms. The molecule has 2 aliphatic rings. The number of nitrogens with one attached hydrogen (secondary N) is 1. The van der Waals surface area contributed by atoms with E-state index >= 15 is 0 Å². The molecule has 1 amide bonds. The average molecular weight is 368 g/mol. The second kappa shape index (κ2) is 7.67. The summed E-state index contributed by atoms with van der Waals surface area (Å²) in [6, 6.07) is 10.1. The van der Waals surface area contributed by atoms with Crippen LogP contribution in [0.1, 0.15) is 56.1 Å². The zero-order chi connectivity index (χ0) is 18.7. The first-order valence-corrected chi connectivity index (χ1v) is 9.82. The van der Waals surface area contributed by atoms with E-state index in [2.05, 4.69) is 10.3 Å². The lowest BCUT2D eigenvalue weighted by atomic mass is 9.64. The third-order valence-electron chi connectivity index (χ3n) is 5.88. The molecule has 1 N–H and O–H groups in total.